The fourth-order valence-corrected chi connectivity index (χ4v) is 6.22. The molecule has 2 aromatic rings. The van der Waals surface area contributed by atoms with Crippen LogP contribution in [0.25, 0.3) is 0 Å². The number of hydrogen-bond acceptors (Lipinski definition) is 4. The molecule has 0 heterocycles. The fourth-order valence-electron chi connectivity index (χ4n) is 3.18. The number of hydrogen-bond donors (Lipinski definition) is 1. The number of rotatable bonds is 7. The van der Waals surface area contributed by atoms with Crippen molar-refractivity contribution in [3.63, 3.8) is 0 Å². The minimum Gasteiger partial charge on any atom is -0.324 e. The summed E-state index contributed by atoms with van der Waals surface area (Å²) in [6.45, 7) is 0. The van der Waals surface area contributed by atoms with E-state index in [1.165, 1.54) is 25.7 Å². The Balaban J connectivity index is 1.63. The molecule has 0 aliphatic heterocycles. The number of anilines is 1. The summed E-state index contributed by atoms with van der Waals surface area (Å²) in [6.07, 6.45) is 4.88. The van der Waals surface area contributed by atoms with Gasteiger partial charge in [-0.25, -0.2) is 8.42 Å². The van der Waals surface area contributed by atoms with E-state index in [1.807, 2.05) is 30.3 Å². The van der Waals surface area contributed by atoms with Crippen molar-refractivity contribution in [3.8, 4) is 0 Å². The van der Waals surface area contributed by atoms with Crippen LogP contribution in [-0.4, -0.2) is 25.3 Å². The lowest BCUT2D eigenvalue weighted by Gasteiger charge is -2.14. The first-order chi connectivity index (χ1) is 12.9. The molecule has 1 aliphatic rings. The van der Waals surface area contributed by atoms with Gasteiger partial charge in [-0.05, 0) is 42.7 Å². The summed E-state index contributed by atoms with van der Waals surface area (Å²) in [5, 5.41) is 3.36. The van der Waals surface area contributed by atoms with Gasteiger partial charge >= 0.3 is 0 Å². The van der Waals surface area contributed by atoms with Crippen LogP contribution in [0.5, 0.6) is 0 Å². The Hall–Kier alpha value is -1.31. The van der Waals surface area contributed by atoms with Gasteiger partial charge in [-0.1, -0.05) is 53.0 Å². The summed E-state index contributed by atoms with van der Waals surface area (Å²) < 4.78 is 25.6. The number of sulfone groups is 1. The van der Waals surface area contributed by atoms with Crippen molar-refractivity contribution in [2.24, 2.45) is 0 Å². The second kappa shape index (κ2) is 9.26. The highest BCUT2D eigenvalue weighted by Crippen LogP contribution is 2.38. The lowest BCUT2D eigenvalue weighted by Crippen LogP contribution is -2.24. The van der Waals surface area contributed by atoms with Crippen LogP contribution in [0.2, 0.25) is 0 Å². The van der Waals surface area contributed by atoms with Crippen LogP contribution in [0.4, 0.5) is 5.69 Å². The highest BCUT2D eigenvalue weighted by Gasteiger charge is 2.21. The monoisotopic (exact) mass is 467 g/mol. The minimum absolute atomic E-state index is 0.154. The third-order valence-corrected chi connectivity index (χ3v) is 7.77. The van der Waals surface area contributed by atoms with Gasteiger partial charge in [-0.2, -0.15) is 0 Å². The van der Waals surface area contributed by atoms with Gasteiger partial charge in [-0.3, -0.25) is 4.79 Å². The van der Waals surface area contributed by atoms with E-state index in [1.54, 1.807) is 30.0 Å². The van der Waals surface area contributed by atoms with Crippen LogP contribution in [0, 0.1) is 0 Å². The Kier molecular flexibility index (Phi) is 7.00. The molecule has 0 radical (unpaired) electrons. The van der Waals surface area contributed by atoms with E-state index in [9.17, 15) is 13.2 Å². The summed E-state index contributed by atoms with van der Waals surface area (Å²) in [5.74, 6) is -1.18. The van der Waals surface area contributed by atoms with Crippen molar-refractivity contribution in [2.45, 2.75) is 41.6 Å². The van der Waals surface area contributed by atoms with Crippen molar-refractivity contribution >= 4 is 49.1 Å². The molecule has 0 atom stereocenters. The highest BCUT2D eigenvalue weighted by atomic mass is 79.9. The summed E-state index contributed by atoms with van der Waals surface area (Å²) in [7, 11) is -3.55. The number of benzene rings is 2. The van der Waals surface area contributed by atoms with Crippen LogP contribution in [0.15, 0.2) is 57.9 Å². The number of amides is 1. The average molecular weight is 468 g/mol. The zero-order valence-corrected chi connectivity index (χ0v) is 18.1. The quantitative estimate of drug-likeness (QED) is 0.619. The van der Waals surface area contributed by atoms with Gasteiger partial charge in [0.25, 0.3) is 0 Å². The van der Waals surface area contributed by atoms with E-state index in [4.69, 9.17) is 0 Å². The molecule has 0 saturated heterocycles. The average Bonchev–Trinajstić information content (AvgIpc) is 3.08. The summed E-state index contributed by atoms with van der Waals surface area (Å²) >= 11 is 5.10. The number of nitrogens with one attached hydrogen (secondary N) is 1. The van der Waals surface area contributed by atoms with Crippen LogP contribution in [0.3, 0.4) is 0 Å². The molecule has 3 rings (SSSR count). The van der Waals surface area contributed by atoms with Gasteiger partial charge < -0.3 is 5.32 Å². The zero-order chi connectivity index (χ0) is 19.3. The van der Waals surface area contributed by atoms with Crippen LogP contribution in [-0.2, 0) is 20.4 Å². The third kappa shape index (κ3) is 6.36. The number of thioether (sulfide) groups is 1. The molecular formula is C20H22BrNO3S2. The maximum atomic E-state index is 12.4. The first-order valence-corrected chi connectivity index (χ1v) is 12.4. The van der Waals surface area contributed by atoms with Gasteiger partial charge in [0.15, 0.2) is 9.84 Å². The molecule has 7 heteroatoms. The molecular weight excluding hydrogens is 446 g/mol. The highest BCUT2D eigenvalue weighted by molar-refractivity contribution is 9.10. The molecule has 1 aliphatic carbocycles. The van der Waals surface area contributed by atoms with Gasteiger partial charge in [0.05, 0.1) is 11.4 Å². The fraction of sp³-hybridized carbons (Fsp3) is 0.350. The molecule has 1 saturated carbocycles. The van der Waals surface area contributed by atoms with E-state index < -0.39 is 21.5 Å². The number of carbonyl (C=O) groups excluding carboxylic acids is 1. The second-order valence-electron chi connectivity index (χ2n) is 6.73. The minimum atomic E-state index is -3.55. The number of carbonyl (C=O) groups is 1. The molecule has 2 aromatic carbocycles. The van der Waals surface area contributed by atoms with E-state index in [0.29, 0.717) is 16.5 Å². The summed E-state index contributed by atoms with van der Waals surface area (Å²) in [6, 6.07) is 14.7. The van der Waals surface area contributed by atoms with Crippen molar-refractivity contribution in [1.82, 2.24) is 0 Å². The molecule has 0 unspecified atom stereocenters. The molecule has 0 bridgehead atoms. The van der Waals surface area contributed by atoms with Crippen molar-refractivity contribution in [1.29, 1.82) is 0 Å². The molecule has 0 spiro atoms. The molecule has 1 amide bonds. The van der Waals surface area contributed by atoms with Gasteiger partial charge in [0.2, 0.25) is 5.91 Å². The largest absolute Gasteiger partial charge is 0.324 e. The Bertz CT molecular complexity index is 909. The first kappa shape index (κ1) is 20.4. The Morgan fingerprint density at radius 1 is 1.11 bits per heavy atom. The molecule has 1 N–H and O–H groups in total. The van der Waals surface area contributed by atoms with Crippen molar-refractivity contribution in [2.75, 3.05) is 11.1 Å². The third-order valence-electron chi connectivity index (χ3n) is 4.38. The molecule has 4 nitrogen and oxygen atoms in total. The van der Waals surface area contributed by atoms with Gasteiger partial charge in [-0.15, -0.1) is 11.8 Å². The lowest BCUT2D eigenvalue weighted by atomic mass is 10.2. The van der Waals surface area contributed by atoms with E-state index in [0.717, 1.165) is 9.37 Å². The number of para-hydroxylation sites is 1. The Morgan fingerprint density at radius 2 is 1.85 bits per heavy atom. The predicted octanol–water partition coefficient (Wildman–Crippen LogP) is 5.04. The van der Waals surface area contributed by atoms with E-state index in [2.05, 4.69) is 21.2 Å². The zero-order valence-electron chi connectivity index (χ0n) is 14.9. The summed E-state index contributed by atoms with van der Waals surface area (Å²) in [4.78, 5) is 13.4. The van der Waals surface area contributed by atoms with Gasteiger partial charge in [0.1, 0.15) is 5.75 Å². The van der Waals surface area contributed by atoms with Crippen LogP contribution in [0.1, 0.15) is 31.2 Å². The Morgan fingerprint density at radius 3 is 2.59 bits per heavy atom. The normalized spacial score (nSPS) is 15.0. The lowest BCUT2D eigenvalue weighted by molar-refractivity contribution is -0.113. The molecule has 144 valence electrons. The first-order valence-electron chi connectivity index (χ1n) is 8.92. The van der Waals surface area contributed by atoms with Crippen molar-refractivity contribution < 1.29 is 13.2 Å². The van der Waals surface area contributed by atoms with Gasteiger partial charge in [0, 0.05) is 14.6 Å². The second-order valence-corrected chi connectivity index (χ2v) is 11.1. The maximum Gasteiger partial charge on any atom is 0.239 e. The molecule has 27 heavy (non-hydrogen) atoms. The van der Waals surface area contributed by atoms with E-state index >= 15 is 0 Å². The molecule has 0 aromatic heterocycles. The smallest absolute Gasteiger partial charge is 0.239 e. The SMILES string of the molecule is O=C(CS(=O)(=O)Cc1cccc(Br)c1)Nc1ccccc1SC1CCCC1. The van der Waals surface area contributed by atoms with E-state index in [-0.39, 0.29) is 5.75 Å². The van der Waals surface area contributed by atoms with Crippen LogP contribution >= 0.6 is 27.7 Å². The molecule has 1 fully saturated rings. The van der Waals surface area contributed by atoms with Crippen LogP contribution < -0.4 is 5.32 Å². The Labute approximate surface area is 173 Å². The standard InChI is InChI=1S/C20H22BrNO3S2/c21-16-7-5-6-15(12-16)13-27(24,25)14-20(23)22-18-10-3-4-11-19(18)26-17-8-1-2-9-17/h3-7,10-12,17H,1-2,8-9,13-14H2,(H,22,23). The topological polar surface area (TPSA) is 63.2 Å². The number of halogens is 1. The van der Waals surface area contributed by atoms with Crippen molar-refractivity contribution in [3.05, 3.63) is 58.6 Å². The maximum absolute atomic E-state index is 12.4. The summed E-state index contributed by atoms with van der Waals surface area (Å²) in [5.41, 5.74) is 1.35. The predicted molar refractivity (Wildman–Crippen MR) is 115 cm³/mol.